The van der Waals surface area contributed by atoms with Crippen molar-refractivity contribution in [3.05, 3.63) is 65.2 Å². The maximum Gasteiger partial charge on any atom is 0.254 e. The number of piperidine rings is 1. The number of rotatable bonds is 7. The van der Waals surface area contributed by atoms with E-state index in [1.807, 2.05) is 24.3 Å². The zero-order valence-corrected chi connectivity index (χ0v) is 29.6. The number of aromatic hydroxyl groups is 1. The van der Waals surface area contributed by atoms with E-state index in [0.29, 0.717) is 24.0 Å². The lowest BCUT2D eigenvalue weighted by Gasteiger charge is -2.51. The van der Waals surface area contributed by atoms with Crippen LogP contribution in [-0.2, 0) is 25.7 Å². The van der Waals surface area contributed by atoms with Gasteiger partial charge in [0.05, 0.1) is 31.5 Å². The number of nitrogens with zero attached hydrogens (tertiary/aromatic N) is 3. The van der Waals surface area contributed by atoms with Crippen LogP contribution >= 0.6 is 39.1 Å². The lowest BCUT2D eigenvalue weighted by molar-refractivity contribution is -0.144. The smallest absolute Gasteiger partial charge is 0.254 e. The van der Waals surface area contributed by atoms with Crippen LogP contribution in [-0.4, -0.2) is 92.0 Å². The van der Waals surface area contributed by atoms with Gasteiger partial charge in [-0.05, 0) is 37.2 Å². The molecule has 3 heterocycles. The molecule has 2 aromatic carbocycles. The molecule has 1 saturated carbocycles. The predicted octanol–water partition coefficient (Wildman–Crippen LogP) is 4.79. The molecule has 4 amide bonds. The first kappa shape index (κ1) is 33.4. The van der Waals surface area contributed by atoms with Gasteiger partial charge in [-0.25, -0.2) is 0 Å². The Balaban J connectivity index is 1.26. The van der Waals surface area contributed by atoms with Crippen molar-refractivity contribution in [3.8, 4) is 17.2 Å². The van der Waals surface area contributed by atoms with E-state index in [2.05, 4.69) is 33.0 Å². The number of halogens is 3. The minimum Gasteiger partial charge on any atom is -0.508 e. The number of likely N-dealkylation sites (tertiary alicyclic amines) is 3. The first-order valence-corrected chi connectivity index (χ1v) is 18.0. The maximum absolute atomic E-state index is 14.5. The molecule has 2 aliphatic carbocycles. The largest absolute Gasteiger partial charge is 0.508 e. The summed E-state index contributed by atoms with van der Waals surface area (Å²) < 4.78 is 11.4. The molecule has 0 bridgehead atoms. The molecule has 5 aliphatic rings. The van der Waals surface area contributed by atoms with Crippen LogP contribution in [0.4, 0.5) is 0 Å². The lowest BCUT2D eigenvalue weighted by Crippen LogP contribution is -2.60. The van der Waals surface area contributed by atoms with Crippen molar-refractivity contribution in [2.75, 3.05) is 32.8 Å². The summed E-state index contributed by atoms with van der Waals surface area (Å²) in [6, 6.07) is 12.7. The van der Waals surface area contributed by atoms with E-state index in [4.69, 9.17) is 32.7 Å². The van der Waals surface area contributed by atoms with Gasteiger partial charge in [-0.2, -0.15) is 0 Å². The first-order valence-electron chi connectivity index (χ1n) is 16.1. The Kier molecular flexibility index (Phi) is 8.58. The Hall–Kier alpha value is -3.12. The van der Waals surface area contributed by atoms with Crippen LogP contribution in [0.2, 0.25) is 0 Å². The zero-order chi connectivity index (χ0) is 34.1. The van der Waals surface area contributed by atoms with Gasteiger partial charge in [-0.1, -0.05) is 57.9 Å². The van der Waals surface area contributed by atoms with Crippen molar-refractivity contribution in [3.63, 3.8) is 0 Å². The van der Waals surface area contributed by atoms with Gasteiger partial charge < -0.3 is 14.6 Å². The SMILES string of the molecule is COc1cc(O)cc(OC)c1C1C2=CCC3C(=O)N(C4CCN(Cc5ccccc5)CC4)C(=O)C3C2CC2(Cl)C(=O)N(CBr)C(=O)C12Cl. The second-order valence-corrected chi connectivity index (χ2v) is 15.0. The number of fused-ring (bicyclic) bond motifs is 4. The minimum absolute atomic E-state index is 0.110. The molecule has 6 atom stereocenters. The number of hydrogen-bond acceptors (Lipinski definition) is 8. The fraction of sp³-hybridized carbons (Fsp3) is 0.486. The van der Waals surface area contributed by atoms with Crippen molar-refractivity contribution in [2.24, 2.45) is 17.8 Å². The number of alkyl halides is 3. The quantitative estimate of drug-likeness (QED) is 0.186. The van der Waals surface area contributed by atoms with E-state index in [9.17, 15) is 24.3 Å². The average Bonchev–Trinajstić information content (AvgIpc) is 3.42. The van der Waals surface area contributed by atoms with Crippen molar-refractivity contribution >= 4 is 62.8 Å². The molecule has 0 radical (unpaired) electrons. The van der Waals surface area contributed by atoms with Gasteiger partial charge in [-0.3, -0.25) is 33.9 Å². The summed E-state index contributed by atoms with van der Waals surface area (Å²) in [6.07, 6.45) is 3.36. The van der Waals surface area contributed by atoms with E-state index < -0.39 is 45.2 Å². The standard InChI is InChI=1S/C35H36BrCl2N3O7/c1-47-25-14-21(42)15-26(48-2)28(25)29-22-8-9-23-27(24(22)16-34(37)32(45)40(18-36)33(46)35(29,34)38)31(44)41(30(23)43)20-10-12-39(13-11-20)17-19-6-4-3-5-7-19/h3-8,14-15,20,23-24,27,29,42H,9-13,16-18H2,1-2H3. The Bertz CT molecular complexity index is 1690. The van der Waals surface area contributed by atoms with Crippen LogP contribution in [0, 0.1) is 17.8 Å². The van der Waals surface area contributed by atoms with Gasteiger partial charge in [-0.15, -0.1) is 23.2 Å². The highest BCUT2D eigenvalue weighted by atomic mass is 79.9. The third kappa shape index (κ3) is 4.75. The average molecular weight is 761 g/mol. The number of hydrogen-bond donors (Lipinski definition) is 1. The molecule has 0 spiro atoms. The maximum atomic E-state index is 14.5. The molecule has 3 saturated heterocycles. The number of imide groups is 2. The Morgan fingerprint density at radius 1 is 0.938 bits per heavy atom. The molecule has 254 valence electrons. The van der Waals surface area contributed by atoms with Crippen molar-refractivity contribution in [1.29, 1.82) is 0 Å². The molecule has 13 heteroatoms. The Morgan fingerprint density at radius 3 is 2.19 bits per heavy atom. The van der Waals surface area contributed by atoms with E-state index >= 15 is 0 Å². The molecule has 0 aromatic heterocycles. The van der Waals surface area contributed by atoms with Gasteiger partial charge in [0.1, 0.15) is 17.2 Å². The molecular weight excluding hydrogens is 725 g/mol. The number of amides is 4. The molecule has 6 unspecified atom stereocenters. The first-order chi connectivity index (χ1) is 23.0. The molecule has 3 aliphatic heterocycles. The van der Waals surface area contributed by atoms with Gasteiger partial charge >= 0.3 is 0 Å². The highest BCUT2D eigenvalue weighted by molar-refractivity contribution is 9.09. The van der Waals surface area contributed by atoms with Gasteiger partial charge in [0, 0.05) is 49.3 Å². The summed E-state index contributed by atoms with van der Waals surface area (Å²) in [5.74, 6) is -4.81. The summed E-state index contributed by atoms with van der Waals surface area (Å²) in [7, 11) is 2.82. The van der Waals surface area contributed by atoms with E-state index in [1.54, 1.807) is 0 Å². The van der Waals surface area contributed by atoms with Crippen molar-refractivity contribution in [1.82, 2.24) is 14.7 Å². The molecule has 1 N–H and O–H groups in total. The second-order valence-electron chi connectivity index (χ2n) is 13.3. The molecule has 4 fully saturated rings. The highest BCUT2D eigenvalue weighted by Crippen LogP contribution is 2.67. The van der Waals surface area contributed by atoms with Crippen LogP contribution in [0.15, 0.2) is 54.1 Å². The van der Waals surface area contributed by atoms with E-state index in [1.165, 1.54) is 36.8 Å². The number of benzene rings is 2. The number of phenolic OH excluding ortho intramolecular Hbond substituents is 1. The van der Waals surface area contributed by atoms with Gasteiger partial charge in [0.25, 0.3) is 11.8 Å². The highest BCUT2D eigenvalue weighted by Gasteiger charge is 2.77. The minimum atomic E-state index is -2.02. The predicted molar refractivity (Wildman–Crippen MR) is 181 cm³/mol. The summed E-state index contributed by atoms with van der Waals surface area (Å²) in [5, 5.41) is 10.5. The molecule has 48 heavy (non-hydrogen) atoms. The van der Waals surface area contributed by atoms with Crippen LogP contribution in [0.25, 0.3) is 0 Å². The van der Waals surface area contributed by atoms with Crippen LogP contribution in [0.5, 0.6) is 17.2 Å². The summed E-state index contributed by atoms with van der Waals surface area (Å²) in [5.41, 5.74) is 2.03. The second kappa shape index (κ2) is 12.3. The van der Waals surface area contributed by atoms with E-state index in [0.717, 1.165) is 24.5 Å². The number of phenols is 1. The number of allylic oxidation sites excluding steroid dienone is 2. The molecular formula is C35H36BrCl2N3O7. The van der Waals surface area contributed by atoms with E-state index in [-0.39, 0.29) is 53.4 Å². The van der Waals surface area contributed by atoms with Crippen LogP contribution in [0.1, 0.15) is 42.7 Å². The fourth-order valence-electron chi connectivity index (χ4n) is 8.84. The lowest BCUT2D eigenvalue weighted by atomic mass is 9.56. The molecule has 10 nitrogen and oxygen atoms in total. The summed E-state index contributed by atoms with van der Waals surface area (Å²) in [6.45, 7) is 2.30. The van der Waals surface area contributed by atoms with Gasteiger partial charge in [0.2, 0.25) is 11.8 Å². The monoisotopic (exact) mass is 759 g/mol. The normalized spacial score (nSPS) is 32.2. The third-order valence-corrected chi connectivity index (χ3v) is 13.0. The summed E-state index contributed by atoms with van der Waals surface area (Å²) >= 11 is 18.0. The Morgan fingerprint density at radius 2 is 1.58 bits per heavy atom. The third-order valence-electron chi connectivity index (χ3n) is 11.0. The van der Waals surface area contributed by atoms with Crippen LogP contribution < -0.4 is 9.47 Å². The number of carbonyl (C=O) groups is 4. The Labute approximate surface area is 297 Å². The number of methoxy groups -OCH3 is 2. The molecule has 7 rings (SSSR count). The zero-order valence-electron chi connectivity index (χ0n) is 26.5. The fourth-order valence-corrected chi connectivity index (χ4v) is 10.3. The van der Waals surface area contributed by atoms with Crippen molar-refractivity contribution < 1.29 is 33.8 Å². The molecule has 2 aromatic rings. The number of carbonyl (C=O) groups excluding carboxylic acids is 4. The van der Waals surface area contributed by atoms with Gasteiger partial charge in [0.15, 0.2) is 9.75 Å². The topological polar surface area (TPSA) is 117 Å². The van der Waals surface area contributed by atoms with Crippen LogP contribution in [0.3, 0.4) is 0 Å². The number of ether oxygens (including phenoxy) is 2. The summed E-state index contributed by atoms with van der Waals surface area (Å²) in [4.78, 5) is 57.5. The van der Waals surface area contributed by atoms with Crippen molar-refractivity contribution in [2.45, 2.75) is 53.9 Å².